The summed E-state index contributed by atoms with van der Waals surface area (Å²) >= 11 is 0. The maximum Gasteiger partial charge on any atom is 0.0815 e. The lowest BCUT2D eigenvalue weighted by Gasteiger charge is -2.35. The summed E-state index contributed by atoms with van der Waals surface area (Å²) in [5, 5.41) is 19.8. The van der Waals surface area contributed by atoms with Gasteiger partial charge in [0.1, 0.15) is 0 Å². The van der Waals surface area contributed by atoms with Crippen LogP contribution in [-0.2, 0) is 19.4 Å². The Hall–Kier alpha value is -0.930. The van der Waals surface area contributed by atoms with Crippen molar-refractivity contribution in [2.45, 2.75) is 59.7 Å². The van der Waals surface area contributed by atoms with Crippen LogP contribution in [0.5, 0.6) is 0 Å². The van der Waals surface area contributed by atoms with Crippen LogP contribution >= 0.6 is 0 Å². The van der Waals surface area contributed by atoms with E-state index in [1.165, 1.54) is 0 Å². The predicted octanol–water partition coefficient (Wildman–Crippen LogP) is 2.45. The minimum Gasteiger partial charge on any atom is -0.392 e. The Morgan fingerprint density at radius 2 is 2.06 bits per heavy atom. The van der Waals surface area contributed by atoms with Crippen LogP contribution in [0.25, 0.3) is 0 Å². The van der Waals surface area contributed by atoms with Gasteiger partial charge in [-0.1, -0.05) is 20.8 Å². The SMILES string of the molecule is CCc1nc2c(c(C)c1CO)C(O)CC(C)(C)C2. The molecule has 0 radical (unpaired) electrons. The first-order chi connectivity index (χ1) is 8.39. The van der Waals surface area contributed by atoms with Crippen LogP contribution in [0, 0.1) is 12.3 Å². The van der Waals surface area contributed by atoms with E-state index in [0.717, 1.165) is 47.3 Å². The van der Waals surface area contributed by atoms with Gasteiger partial charge in [0.15, 0.2) is 0 Å². The molecule has 0 aliphatic heterocycles. The van der Waals surface area contributed by atoms with Crippen LogP contribution < -0.4 is 0 Å². The minimum absolute atomic E-state index is 0.00536. The summed E-state index contributed by atoms with van der Waals surface area (Å²) in [6.07, 6.45) is 2.03. The van der Waals surface area contributed by atoms with Crippen molar-refractivity contribution in [1.82, 2.24) is 4.98 Å². The molecule has 100 valence electrons. The lowest BCUT2D eigenvalue weighted by molar-refractivity contribution is 0.0971. The zero-order chi connectivity index (χ0) is 13.5. The van der Waals surface area contributed by atoms with Gasteiger partial charge < -0.3 is 10.2 Å². The van der Waals surface area contributed by atoms with E-state index in [1.54, 1.807) is 0 Å². The molecule has 18 heavy (non-hydrogen) atoms. The first kappa shape index (κ1) is 13.5. The molecular weight excluding hydrogens is 226 g/mol. The average Bonchev–Trinajstić information content (AvgIpc) is 2.25. The normalized spacial score (nSPS) is 21.8. The van der Waals surface area contributed by atoms with Crippen molar-refractivity contribution in [2.24, 2.45) is 5.41 Å². The number of rotatable bonds is 2. The number of fused-ring (bicyclic) bond motifs is 1. The summed E-state index contributed by atoms with van der Waals surface area (Å²) in [6.45, 7) is 8.39. The van der Waals surface area contributed by atoms with E-state index in [2.05, 4.69) is 25.8 Å². The smallest absolute Gasteiger partial charge is 0.0815 e. The third-order valence-electron chi connectivity index (χ3n) is 4.00. The van der Waals surface area contributed by atoms with Crippen molar-refractivity contribution >= 4 is 0 Å². The molecule has 0 aromatic carbocycles. The lowest BCUT2D eigenvalue weighted by atomic mass is 9.73. The summed E-state index contributed by atoms with van der Waals surface area (Å²) in [7, 11) is 0. The van der Waals surface area contributed by atoms with Gasteiger partial charge in [-0.2, -0.15) is 0 Å². The fourth-order valence-electron chi connectivity index (χ4n) is 3.12. The van der Waals surface area contributed by atoms with Gasteiger partial charge >= 0.3 is 0 Å². The summed E-state index contributed by atoms with van der Waals surface area (Å²) < 4.78 is 0. The highest BCUT2D eigenvalue weighted by atomic mass is 16.3. The Bertz CT molecular complexity index is 466. The van der Waals surface area contributed by atoms with Crippen LogP contribution in [0.4, 0.5) is 0 Å². The highest BCUT2D eigenvalue weighted by Gasteiger charge is 2.34. The Morgan fingerprint density at radius 1 is 1.39 bits per heavy atom. The minimum atomic E-state index is -0.451. The van der Waals surface area contributed by atoms with Gasteiger partial charge in [-0.05, 0) is 37.2 Å². The van der Waals surface area contributed by atoms with Gasteiger partial charge in [0.2, 0.25) is 0 Å². The Balaban J connectivity index is 2.62. The second kappa shape index (κ2) is 4.63. The van der Waals surface area contributed by atoms with Gasteiger partial charge in [-0.3, -0.25) is 4.98 Å². The molecule has 2 N–H and O–H groups in total. The van der Waals surface area contributed by atoms with Crippen molar-refractivity contribution in [2.75, 3.05) is 0 Å². The molecule has 1 aliphatic rings. The number of aromatic nitrogens is 1. The summed E-state index contributed by atoms with van der Waals surface area (Å²) in [5.74, 6) is 0. The zero-order valence-electron chi connectivity index (χ0n) is 11.7. The van der Waals surface area contributed by atoms with E-state index >= 15 is 0 Å². The molecule has 1 heterocycles. The van der Waals surface area contributed by atoms with Crippen LogP contribution in [-0.4, -0.2) is 15.2 Å². The van der Waals surface area contributed by atoms with E-state index in [1.807, 2.05) is 6.92 Å². The third kappa shape index (κ3) is 2.17. The van der Waals surface area contributed by atoms with Gasteiger partial charge in [-0.25, -0.2) is 0 Å². The zero-order valence-corrected chi connectivity index (χ0v) is 11.7. The van der Waals surface area contributed by atoms with Crippen molar-refractivity contribution < 1.29 is 10.2 Å². The van der Waals surface area contributed by atoms with Gasteiger partial charge in [0.05, 0.1) is 12.7 Å². The predicted molar refractivity (Wildman–Crippen MR) is 71.3 cm³/mol. The molecule has 3 heteroatoms. The van der Waals surface area contributed by atoms with Gasteiger partial charge in [-0.15, -0.1) is 0 Å². The Morgan fingerprint density at radius 3 is 2.61 bits per heavy atom. The third-order valence-corrected chi connectivity index (χ3v) is 4.00. The summed E-state index contributed by atoms with van der Waals surface area (Å²) in [4.78, 5) is 4.69. The molecule has 3 nitrogen and oxygen atoms in total. The number of nitrogens with zero attached hydrogens (tertiary/aromatic N) is 1. The molecule has 1 aromatic heterocycles. The molecule has 0 bridgehead atoms. The van der Waals surface area contributed by atoms with Gasteiger partial charge in [0, 0.05) is 22.5 Å². The van der Waals surface area contributed by atoms with Gasteiger partial charge in [0.25, 0.3) is 0 Å². The van der Waals surface area contributed by atoms with E-state index < -0.39 is 6.10 Å². The Labute approximate surface area is 109 Å². The van der Waals surface area contributed by atoms with Crippen molar-refractivity contribution in [3.05, 3.63) is 28.1 Å². The fraction of sp³-hybridized carbons (Fsp3) is 0.667. The molecule has 0 spiro atoms. The van der Waals surface area contributed by atoms with Crippen LogP contribution in [0.2, 0.25) is 0 Å². The van der Waals surface area contributed by atoms with Crippen LogP contribution in [0.15, 0.2) is 0 Å². The van der Waals surface area contributed by atoms with Crippen molar-refractivity contribution in [3.63, 3.8) is 0 Å². The first-order valence-electron chi connectivity index (χ1n) is 6.69. The topological polar surface area (TPSA) is 53.4 Å². The molecule has 0 fully saturated rings. The number of hydrogen-bond donors (Lipinski definition) is 2. The number of aliphatic hydroxyl groups is 2. The summed E-state index contributed by atoms with van der Waals surface area (Å²) in [5.41, 5.74) is 4.97. The maximum atomic E-state index is 10.3. The van der Waals surface area contributed by atoms with E-state index in [4.69, 9.17) is 0 Å². The standard InChI is InChI=1S/C15H23NO2/c1-5-11-10(8-17)9(2)14-12(16-11)6-15(3,4)7-13(14)18/h13,17-18H,5-8H2,1-4H3. The molecule has 1 aromatic rings. The molecular formula is C15H23NO2. The molecule has 1 atom stereocenters. The Kier molecular flexibility index (Phi) is 3.47. The second-order valence-corrected chi connectivity index (χ2v) is 6.09. The maximum absolute atomic E-state index is 10.3. The molecule has 1 aliphatic carbocycles. The number of hydrogen-bond acceptors (Lipinski definition) is 3. The van der Waals surface area contributed by atoms with E-state index in [9.17, 15) is 10.2 Å². The van der Waals surface area contributed by atoms with Crippen LogP contribution in [0.3, 0.4) is 0 Å². The average molecular weight is 249 g/mol. The van der Waals surface area contributed by atoms with E-state index in [0.29, 0.717) is 0 Å². The van der Waals surface area contributed by atoms with E-state index in [-0.39, 0.29) is 12.0 Å². The first-order valence-corrected chi connectivity index (χ1v) is 6.69. The molecule has 2 rings (SSSR count). The number of aliphatic hydroxyl groups excluding tert-OH is 2. The van der Waals surface area contributed by atoms with Crippen molar-refractivity contribution in [1.29, 1.82) is 0 Å². The second-order valence-electron chi connectivity index (χ2n) is 6.09. The fourth-order valence-corrected chi connectivity index (χ4v) is 3.12. The van der Waals surface area contributed by atoms with Crippen molar-refractivity contribution in [3.8, 4) is 0 Å². The monoisotopic (exact) mass is 249 g/mol. The quantitative estimate of drug-likeness (QED) is 0.846. The molecule has 0 saturated heterocycles. The number of pyridine rings is 1. The molecule has 1 unspecified atom stereocenters. The largest absolute Gasteiger partial charge is 0.392 e. The van der Waals surface area contributed by atoms with Crippen LogP contribution in [0.1, 0.15) is 61.4 Å². The number of aryl methyl sites for hydroxylation is 1. The molecule has 0 saturated carbocycles. The highest BCUT2D eigenvalue weighted by molar-refractivity contribution is 5.42. The highest BCUT2D eigenvalue weighted by Crippen LogP contribution is 2.42. The molecule has 0 amide bonds. The summed E-state index contributed by atoms with van der Waals surface area (Å²) in [6, 6.07) is 0. The lowest BCUT2D eigenvalue weighted by Crippen LogP contribution is -2.28.